The Balaban J connectivity index is 2.26. The van der Waals surface area contributed by atoms with Gasteiger partial charge in [-0.05, 0) is 39.7 Å². The first-order chi connectivity index (χ1) is 8.48. The minimum atomic E-state index is -3.25. The first kappa shape index (κ1) is 15.4. The lowest BCUT2D eigenvalue weighted by molar-refractivity contribution is -0.128. The molecule has 1 N–H and O–H groups in total. The van der Waals surface area contributed by atoms with E-state index in [2.05, 4.69) is 5.32 Å². The van der Waals surface area contributed by atoms with E-state index in [1.807, 2.05) is 13.8 Å². The first-order valence-corrected chi connectivity index (χ1v) is 8.52. The molecule has 0 bridgehead atoms. The maximum atomic E-state index is 11.8. The van der Waals surface area contributed by atoms with Crippen molar-refractivity contribution in [3.8, 4) is 0 Å². The molecule has 18 heavy (non-hydrogen) atoms. The Morgan fingerprint density at radius 3 is 2.39 bits per heavy atom. The highest BCUT2D eigenvalue weighted by Crippen LogP contribution is 2.18. The van der Waals surface area contributed by atoms with Gasteiger partial charge in [0.05, 0.1) is 5.75 Å². The van der Waals surface area contributed by atoms with Gasteiger partial charge in [-0.15, -0.1) is 0 Å². The zero-order valence-corrected chi connectivity index (χ0v) is 12.1. The lowest BCUT2D eigenvalue weighted by Gasteiger charge is -2.18. The van der Waals surface area contributed by atoms with Gasteiger partial charge < -0.3 is 10.2 Å². The molecule has 0 unspecified atom stereocenters. The summed E-state index contributed by atoms with van der Waals surface area (Å²) >= 11 is 0. The molecule has 5 nitrogen and oxygen atoms in total. The van der Waals surface area contributed by atoms with Crippen LogP contribution in [-0.4, -0.2) is 56.4 Å². The van der Waals surface area contributed by atoms with Gasteiger partial charge in [0.25, 0.3) is 0 Å². The number of rotatable bonds is 9. The Hall–Kier alpha value is -0.620. The van der Waals surface area contributed by atoms with E-state index in [0.29, 0.717) is 25.6 Å². The van der Waals surface area contributed by atoms with Crippen LogP contribution in [-0.2, 0) is 14.6 Å². The van der Waals surface area contributed by atoms with Gasteiger partial charge in [0.15, 0.2) is 9.84 Å². The third-order valence-corrected chi connectivity index (χ3v) is 4.70. The molecule has 106 valence electrons. The quantitative estimate of drug-likeness (QED) is 0.620. The number of sulfone groups is 1. The summed E-state index contributed by atoms with van der Waals surface area (Å²) in [6.45, 7) is 5.56. The highest BCUT2D eigenvalue weighted by Gasteiger charge is 2.22. The van der Waals surface area contributed by atoms with Gasteiger partial charge in [-0.25, -0.2) is 8.42 Å². The molecular formula is C12H24N2O3S. The van der Waals surface area contributed by atoms with Crippen molar-refractivity contribution in [2.45, 2.75) is 39.2 Å². The summed E-state index contributed by atoms with van der Waals surface area (Å²) in [4.78, 5) is 13.3. The molecule has 0 spiro atoms. The molecule has 0 atom stereocenters. The van der Waals surface area contributed by atoms with E-state index < -0.39 is 9.84 Å². The van der Waals surface area contributed by atoms with Gasteiger partial charge in [-0.3, -0.25) is 4.79 Å². The van der Waals surface area contributed by atoms with E-state index in [9.17, 15) is 13.2 Å². The Labute approximate surface area is 110 Å². The first-order valence-electron chi connectivity index (χ1n) is 6.70. The monoisotopic (exact) mass is 276 g/mol. The van der Waals surface area contributed by atoms with Gasteiger partial charge in [0, 0.05) is 19.1 Å². The SMILES string of the molecule is CCN(CC)C(=O)CS(=O)(=O)CCCNC1CC1. The highest BCUT2D eigenvalue weighted by atomic mass is 32.2. The van der Waals surface area contributed by atoms with Crippen molar-refractivity contribution in [1.29, 1.82) is 0 Å². The Morgan fingerprint density at radius 1 is 1.28 bits per heavy atom. The van der Waals surface area contributed by atoms with Crippen molar-refractivity contribution in [3.63, 3.8) is 0 Å². The number of amides is 1. The zero-order chi connectivity index (χ0) is 13.6. The molecule has 0 aromatic carbocycles. The smallest absolute Gasteiger partial charge is 0.237 e. The topological polar surface area (TPSA) is 66.5 Å². The molecule has 1 amide bonds. The summed E-state index contributed by atoms with van der Waals surface area (Å²) in [5.74, 6) is -0.534. The van der Waals surface area contributed by atoms with Crippen LogP contribution in [0.4, 0.5) is 0 Å². The maximum Gasteiger partial charge on any atom is 0.237 e. The average Bonchev–Trinajstić information content (AvgIpc) is 3.09. The summed E-state index contributed by atoms with van der Waals surface area (Å²) in [7, 11) is -3.25. The largest absolute Gasteiger partial charge is 0.342 e. The van der Waals surface area contributed by atoms with E-state index in [4.69, 9.17) is 0 Å². The van der Waals surface area contributed by atoms with Crippen LogP contribution >= 0.6 is 0 Å². The second-order valence-electron chi connectivity index (χ2n) is 4.74. The van der Waals surface area contributed by atoms with Gasteiger partial charge in [-0.2, -0.15) is 0 Å². The second-order valence-corrected chi connectivity index (χ2v) is 6.92. The molecule has 0 radical (unpaired) electrons. The number of hydrogen-bond donors (Lipinski definition) is 1. The van der Waals surface area contributed by atoms with Gasteiger partial charge in [-0.1, -0.05) is 0 Å². The number of hydrogen-bond acceptors (Lipinski definition) is 4. The van der Waals surface area contributed by atoms with Crippen LogP contribution < -0.4 is 5.32 Å². The number of carbonyl (C=O) groups excluding carboxylic acids is 1. The van der Waals surface area contributed by atoms with E-state index in [0.717, 1.165) is 6.54 Å². The van der Waals surface area contributed by atoms with Gasteiger partial charge >= 0.3 is 0 Å². The van der Waals surface area contributed by atoms with Gasteiger partial charge in [0.2, 0.25) is 5.91 Å². The zero-order valence-electron chi connectivity index (χ0n) is 11.3. The molecule has 1 rings (SSSR count). The normalized spacial score (nSPS) is 15.7. The molecule has 1 aliphatic rings. The molecule has 0 heterocycles. The molecule has 0 saturated heterocycles. The Bertz CT molecular complexity index is 360. The van der Waals surface area contributed by atoms with Crippen LogP contribution in [0.5, 0.6) is 0 Å². The van der Waals surface area contributed by atoms with E-state index in [1.54, 1.807) is 4.90 Å². The van der Waals surface area contributed by atoms with Crippen LogP contribution in [0, 0.1) is 0 Å². The fourth-order valence-corrected chi connectivity index (χ4v) is 3.10. The predicted octanol–water partition coefficient (Wildman–Crippen LogP) is 0.412. The minimum absolute atomic E-state index is 0.0970. The second kappa shape index (κ2) is 7.09. The van der Waals surface area contributed by atoms with Crippen LogP contribution in [0.3, 0.4) is 0 Å². The third-order valence-electron chi connectivity index (χ3n) is 3.10. The summed E-state index contributed by atoms with van der Waals surface area (Å²) < 4.78 is 23.5. The standard InChI is InChI=1S/C12H24N2O3S/c1-3-14(4-2)12(15)10-18(16,17)9-5-8-13-11-6-7-11/h11,13H,3-10H2,1-2H3. The van der Waals surface area contributed by atoms with Crippen molar-refractivity contribution in [2.75, 3.05) is 31.1 Å². The molecule has 6 heteroatoms. The Morgan fingerprint density at radius 2 is 1.89 bits per heavy atom. The van der Waals surface area contributed by atoms with Crippen molar-refractivity contribution >= 4 is 15.7 Å². The van der Waals surface area contributed by atoms with Crippen LogP contribution in [0.25, 0.3) is 0 Å². The van der Waals surface area contributed by atoms with E-state index in [1.165, 1.54) is 12.8 Å². The molecule has 1 saturated carbocycles. The van der Waals surface area contributed by atoms with Crippen molar-refractivity contribution in [3.05, 3.63) is 0 Å². The number of nitrogens with one attached hydrogen (secondary N) is 1. The minimum Gasteiger partial charge on any atom is -0.342 e. The third kappa shape index (κ3) is 5.82. The number of carbonyl (C=O) groups is 1. The maximum absolute atomic E-state index is 11.8. The molecule has 0 aliphatic heterocycles. The van der Waals surface area contributed by atoms with Crippen LogP contribution in [0.2, 0.25) is 0 Å². The van der Waals surface area contributed by atoms with Crippen molar-refractivity contribution in [2.24, 2.45) is 0 Å². The highest BCUT2D eigenvalue weighted by molar-refractivity contribution is 7.92. The molecule has 0 aromatic heterocycles. The predicted molar refractivity (Wildman–Crippen MR) is 72.2 cm³/mol. The number of nitrogens with zero attached hydrogens (tertiary/aromatic N) is 1. The summed E-state index contributed by atoms with van der Waals surface area (Å²) in [6.07, 6.45) is 2.99. The summed E-state index contributed by atoms with van der Waals surface area (Å²) in [5.41, 5.74) is 0. The fraction of sp³-hybridized carbons (Fsp3) is 0.917. The summed E-state index contributed by atoms with van der Waals surface area (Å²) in [6, 6.07) is 0.602. The average molecular weight is 276 g/mol. The van der Waals surface area contributed by atoms with Crippen LogP contribution in [0.15, 0.2) is 0 Å². The van der Waals surface area contributed by atoms with Crippen molar-refractivity contribution in [1.82, 2.24) is 10.2 Å². The van der Waals surface area contributed by atoms with Crippen LogP contribution in [0.1, 0.15) is 33.1 Å². The molecule has 1 aliphatic carbocycles. The summed E-state index contributed by atoms with van der Waals surface area (Å²) in [5, 5.41) is 3.27. The molecule has 0 aromatic rings. The lowest BCUT2D eigenvalue weighted by Crippen LogP contribution is -2.36. The van der Waals surface area contributed by atoms with Crippen molar-refractivity contribution < 1.29 is 13.2 Å². The lowest BCUT2D eigenvalue weighted by atomic mass is 10.5. The Kier molecular flexibility index (Phi) is 6.08. The molecule has 1 fully saturated rings. The molecular weight excluding hydrogens is 252 g/mol. The van der Waals surface area contributed by atoms with E-state index in [-0.39, 0.29) is 17.4 Å². The fourth-order valence-electron chi connectivity index (χ4n) is 1.81. The van der Waals surface area contributed by atoms with E-state index >= 15 is 0 Å². The van der Waals surface area contributed by atoms with Gasteiger partial charge in [0.1, 0.15) is 5.75 Å².